The molecule has 2 heterocycles. The average molecular weight is 371 g/mol. The second-order valence-electron chi connectivity index (χ2n) is 4.83. The first-order valence-electron chi connectivity index (χ1n) is 6.98. The zero-order valence-electron chi connectivity index (χ0n) is 12.2. The molecule has 0 bridgehead atoms. The summed E-state index contributed by atoms with van der Waals surface area (Å²) in [5, 5.41) is 6.39. The van der Waals surface area contributed by atoms with E-state index in [4.69, 9.17) is 5.73 Å². The van der Waals surface area contributed by atoms with Gasteiger partial charge >= 0.3 is 0 Å². The molecule has 0 atom stereocenters. The Bertz CT molecular complexity index is 776. The van der Waals surface area contributed by atoms with E-state index in [-0.39, 0.29) is 0 Å². The van der Waals surface area contributed by atoms with E-state index in [0.717, 1.165) is 15.7 Å². The Kier molecular flexibility index (Phi) is 4.68. The number of aromatic nitrogens is 3. The molecule has 0 spiro atoms. The summed E-state index contributed by atoms with van der Waals surface area (Å²) >= 11 is 3.41. The average Bonchev–Trinajstić information content (AvgIpc) is 2.58. The molecule has 3 rings (SSSR count). The van der Waals surface area contributed by atoms with Crippen LogP contribution in [0.3, 0.4) is 0 Å². The molecule has 0 saturated carbocycles. The highest BCUT2D eigenvalue weighted by Gasteiger charge is 2.08. The first-order chi connectivity index (χ1) is 11.2. The van der Waals surface area contributed by atoms with Gasteiger partial charge in [-0.15, -0.1) is 0 Å². The number of pyridine rings is 1. The van der Waals surface area contributed by atoms with Gasteiger partial charge in [-0.1, -0.05) is 22.0 Å². The minimum Gasteiger partial charge on any atom is -0.393 e. The maximum absolute atomic E-state index is 6.15. The predicted molar refractivity (Wildman–Crippen MR) is 95.4 cm³/mol. The number of anilines is 4. The van der Waals surface area contributed by atoms with Crippen LogP contribution >= 0.6 is 15.9 Å². The lowest BCUT2D eigenvalue weighted by atomic mass is 10.3. The summed E-state index contributed by atoms with van der Waals surface area (Å²) in [6.07, 6.45) is 5.01. The number of nitrogens with zero attached hydrogens (tertiary/aromatic N) is 3. The van der Waals surface area contributed by atoms with E-state index in [1.807, 2.05) is 36.4 Å². The molecule has 6 nitrogen and oxygen atoms in total. The number of nitrogens with two attached hydrogens (primary N) is 1. The number of hydrogen-bond donors (Lipinski definition) is 3. The maximum Gasteiger partial charge on any atom is 0.159 e. The van der Waals surface area contributed by atoms with Crippen molar-refractivity contribution in [3.63, 3.8) is 0 Å². The largest absolute Gasteiger partial charge is 0.393 e. The Morgan fingerprint density at radius 2 is 1.83 bits per heavy atom. The van der Waals surface area contributed by atoms with E-state index in [0.29, 0.717) is 23.9 Å². The lowest BCUT2D eigenvalue weighted by molar-refractivity contribution is 1.07. The van der Waals surface area contributed by atoms with E-state index in [1.54, 1.807) is 12.4 Å². The number of halogens is 1. The van der Waals surface area contributed by atoms with Gasteiger partial charge in [0.05, 0.1) is 0 Å². The van der Waals surface area contributed by atoms with Crippen LogP contribution < -0.4 is 16.4 Å². The van der Waals surface area contributed by atoms with Crippen LogP contribution in [0.15, 0.2) is 59.6 Å². The van der Waals surface area contributed by atoms with Crippen molar-refractivity contribution in [2.24, 2.45) is 0 Å². The fourth-order valence-electron chi connectivity index (χ4n) is 1.99. The third kappa shape index (κ3) is 3.95. The zero-order chi connectivity index (χ0) is 16.1. The van der Waals surface area contributed by atoms with Gasteiger partial charge in [0.15, 0.2) is 11.6 Å². The fourth-order valence-corrected chi connectivity index (χ4v) is 2.26. The van der Waals surface area contributed by atoms with E-state index >= 15 is 0 Å². The fraction of sp³-hybridized carbons (Fsp3) is 0.0625. The number of nitrogens with one attached hydrogen (secondary N) is 2. The molecule has 3 aromatic rings. The van der Waals surface area contributed by atoms with Crippen LogP contribution in [0, 0.1) is 0 Å². The molecule has 4 N–H and O–H groups in total. The number of nitrogen functional groups attached to an aromatic ring is 1. The van der Waals surface area contributed by atoms with Crippen LogP contribution in [-0.2, 0) is 6.54 Å². The van der Waals surface area contributed by atoms with Crippen LogP contribution in [0.1, 0.15) is 5.56 Å². The van der Waals surface area contributed by atoms with Crippen LogP contribution in [0.5, 0.6) is 0 Å². The first kappa shape index (κ1) is 15.2. The van der Waals surface area contributed by atoms with Crippen molar-refractivity contribution >= 4 is 38.9 Å². The SMILES string of the molecule is Nc1c(NCc2cccnc2)ncnc1Nc1ccc(Br)cc1. The second kappa shape index (κ2) is 7.06. The Balaban J connectivity index is 1.74. The van der Waals surface area contributed by atoms with Crippen LogP contribution in [0.4, 0.5) is 23.0 Å². The van der Waals surface area contributed by atoms with Crippen LogP contribution in [-0.4, -0.2) is 15.0 Å². The molecular formula is C16H15BrN6. The quantitative estimate of drug-likeness (QED) is 0.636. The summed E-state index contributed by atoms with van der Waals surface area (Å²) in [6.45, 7) is 0.590. The monoisotopic (exact) mass is 370 g/mol. The maximum atomic E-state index is 6.15. The van der Waals surface area contributed by atoms with Gasteiger partial charge in [-0.2, -0.15) is 0 Å². The van der Waals surface area contributed by atoms with Gasteiger partial charge in [-0.05, 0) is 35.9 Å². The van der Waals surface area contributed by atoms with Gasteiger partial charge in [-0.3, -0.25) is 4.98 Å². The standard InChI is InChI=1S/C16H15BrN6/c17-12-3-5-13(6-4-12)23-16-14(18)15(21-10-22-16)20-9-11-2-1-7-19-8-11/h1-8,10H,9,18H2,(H2,20,21,22,23). The number of hydrogen-bond acceptors (Lipinski definition) is 6. The first-order valence-corrected chi connectivity index (χ1v) is 7.77. The van der Waals surface area contributed by atoms with Gasteiger partial charge in [0.1, 0.15) is 12.0 Å². The van der Waals surface area contributed by atoms with Crippen molar-refractivity contribution in [1.82, 2.24) is 15.0 Å². The van der Waals surface area contributed by atoms with Crippen LogP contribution in [0.2, 0.25) is 0 Å². The highest BCUT2D eigenvalue weighted by molar-refractivity contribution is 9.10. The van der Waals surface area contributed by atoms with Crippen molar-refractivity contribution in [3.05, 3.63) is 65.2 Å². The zero-order valence-corrected chi connectivity index (χ0v) is 13.8. The molecule has 0 aliphatic carbocycles. The van der Waals surface area contributed by atoms with Crippen molar-refractivity contribution in [2.45, 2.75) is 6.54 Å². The summed E-state index contributed by atoms with van der Waals surface area (Å²) in [5.41, 5.74) is 8.57. The van der Waals surface area contributed by atoms with Crippen LogP contribution in [0.25, 0.3) is 0 Å². The molecular weight excluding hydrogens is 356 g/mol. The molecule has 0 aliphatic rings. The minimum atomic E-state index is 0.472. The second-order valence-corrected chi connectivity index (χ2v) is 5.75. The Morgan fingerprint density at radius 3 is 2.57 bits per heavy atom. The Hall–Kier alpha value is -2.67. The smallest absolute Gasteiger partial charge is 0.159 e. The summed E-state index contributed by atoms with van der Waals surface area (Å²) in [6, 6.07) is 11.6. The van der Waals surface area contributed by atoms with Gasteiger partial charge < -0.3 is 16.4 Å². The Labute approximate surface area is 142 Å². The van der Waals surface area contributed by atoms with Gasteiger partial charge in [-0.25, -0.2) is 9.97 Å². The third-order valence-corrected chi connectivity index (χ3v) is 3.70. The number of benzene rings is 1. The van der Waals surface area contributed by atoms with Gasteiger partial charge in [0.25, 0.3) is 0 Å². The van der Waals surface area contributed by atoms with E-state index in [9.17, 15) is 0 Å². The van der Waals surface area contributed by atoms with Crippen molar-refractivity contribution in [1.29, 1.82) is 0 Å². The van der Waals surface area contributed by atoms with Gasteiger partial charge in [0, 0.05) is 29.1 Å². The summed E-state index contributed by atoms with van der Waals surface area (Å²) in [7, 11) is 0. The summed E-state index contributed by atoms with van der Waals surface area (Å²) in [5.74, 6) is 1.15. The molecule has 0 saturated heterocycles. The third-order valence-electron chi connectivity index (χ3n) is 3.17. The molecule has 23 heavy (non-hydrogen) atoms. The topological polar surface area (TPSA) is 88.8 Å². The normalized spacial score (nSPS) is 10.3. The molecule has 2 aromatic heterocycles. The number of rotatable bonds is 5. The van der Waals surface area contributed by atoms with E-state index in [2.05, 4.69) is 41.5 Å². The molecule has 0 aliphatic heterocycles. The molecule has 0 amide bonds. The van der Waals surface area contributed by atoms with Crippen molar-refractivity contribution < 1.29 is 0 Å². The summed E-state index contributed by atoms with van der Waals surface area (Å²) in [4.78, 5) is 12.5. The molecule has 0 fully saturated rings. The lowest BCUT2D eigenvalue weighted by Crippen LogP contribution is -2.08. The summed E-state index contributed by atoms with van der Waals surface area (Å²) < 4.78 is 1.01. The van der Waals surface area contributed by atoms with Crippen molar-refractivity contribution in [3.8, 4) is 0 Å². The van der Waals surface area contributed by atoms with E-state index < -0.39 is 0 Å². The Morgan fingerprint density at radius 1 is 1.04 bits per heavy atom. The molecule has 0 radical (unpaired) electrons. The van der Waals surface area contributed by atoms with E-state index in [1.165, 1.54) is 6.33 Å². The molecule has 1 aromatic carbocycles. The lowest BCUT2D eigenvalue weighted by Gasteiger charge is -2.12. The molecule has 7 heteroatoms. The highest BCUT2D eigenvalue weighted by Crippen LogP contribution is 2.26. The molecule has 0 unspecified atom stereocenters. The molecule has 116 valence electrons. The minimum absolute atomic E-state index is 0.472. The van der Waals surface area contributed by atoms with Gasteiger partial charge in [0.2, 0.25) is 0 Å². The predicted octanol–water partition coefficient (Wildman–Crippen LogP) is 3.57. The van der Waals surface area contributed by atoms with Crippen molar-refractivity contribution in [2.75, 3.05) is 16.4 Å². The highest BCUT2D eigenvalue weighted by atomic mass is 79.9.